The van der Waals surface area contributed by atoms with Crippen molar-refractivity contribution in [2.75, 3.05) is 29.9 Å². The predicted molar refractivity (Wildman–Crippen MR) is 156 cm³/mol. The molecule has 39 heavy (non-hydrogen) atoms. The molecule has 3 rings (SSSR count). The van der Waals surface area contributed by atoms with Crippen molar-refractivity contribution >= 4 is 17.5 Å². The summed E-state index contributed by atoms with van der Waals surface area (Å²) in [5.41, 5.74) is 3.11. The van der Waals surface area contributed by atoms with Gasteiger partial charge in [-0.25, -0.2) is 14.2 Å². The summed E-state index contributed by atoms with van der Waals surface area (Å²) >= 11 is 0. The fraction of sp³-hybridized carbons (Fsp3) is 0.645. The number of hydrogen-bond acceptors (Lipinski definition) is 7. The Balaban J connectivity index is 2.20. The van der Waals surface area contributed by atoms with Crippen LogP contribution in [0.25, 0.3) is 11.1 Å². The van der Waals surface area contributed by atoms with Crippen LogP contribution in [0.1, 0.15) is 98.4 Å². The second-order valence-corrected chi connectivity index (χ2v) is 12.6. The van der Waals surface area contributed by atoms with Gasteiger partial charge in [-0.1, -0.05) is 27.2 Å². The van der Waals surface area contributed by atoms with Crippen LogP contribution in [0, 0.1) is 18.2 Å². The van der Waals surface area contributed by atoms with Crippen LogP contribution in [0.5, 0.6) is 0 Å². The molecule has 7 nitrogen and oxygen atoms in total. The van der Waals surface area contributed by atoms with Crippen molar-refractivity contribution in [3.05, 3.63) is 35.5 Å². The highest BCUT2D eigenvalue weighted by molar-refractivity contribution is 5.87. The maximum atomic E-state index is 15.2. The van der Waals surface area contributed by atoms with E-state index in [0.29, 0.717) is 23.4 Å². The second-order valence-electron chi connectivity index (χ2n) is 12.6. The molecular formula is C31H47FN4O3. The number of carbonyl (C=O) groups excluding carboxylic acids is 1. The molecule has 0 aromatic carbocycles. The van der Waals surface area contributed by atoms with E-state index in [4.69, 9.17) is 9.47 Å². The van der Waals surface area contributed by atoms with Crippen molar-refractivity contribution in [2.24, 2.45) is 5.41 Å². The highest BCUT2D eigenvalue weighted by atomic mass is 19.1. The van der Waals surface area contributed by atoms with Gasteiger partial charge in [-0.3, -0.25) is 4.98 Å². The minimum absolute atomic E-state index is 0.219. The number of nitrogens with one attached hydrogen (secondary N) is 1. The van der Waals surface area contributed by atoms with Gasteiger partial charge in [0.15, 0.2) is 17.7 Å². The van der Waals surface area contributed by atoms with Crippen molar-refractivity contribution in [1.82, 2.24) is 9.97 Å². The summed E-state index contributed by atoms with van der Waals surface area (Å²) in [7, 11) is 0. The summed E-state index contributed by atoms with van der Waals surface area (Å²) in [6.07, 6.45) is 6.07. The van der Waals surface area contributed by atoms with Gasteiger partial charge in [0, 0.05) is 54.4 Å². The second kappa shape index (κ2) is 12.6. The number of anilines is 2. The average Bonchev–Trinajstić information content (AvgIpc) is 2.83. The zero-order valence-corrected chi connectivity index (χ0v) is 25.3. The van der Waals surface area contributed by atoms with Crippen molar-refractivity contribution in [1.29, 1.82) is 0 Å². The molecule has 0 radical (unpaired) electrons. The lowest BCUT2D eigenvalue weighted by Gasteiger charge is -2.41. The lowest BCUT2D eigenvalue weighted by molar-refractivity contribution is -0.171. The summed E-state index contributed by atoms with van der Waals surface area (Å²) < 4.78 is 27.3. The number of carbonyl (C=O) groups is 1. The Morgan fingerprint density at radius 3 is 2.41 bits per heavy atom. The molecule has 8 heteroatoms. The molecule has 1 saturated heterocycles. The van der Waals surface area contributed by atoms with Crippen LogP contribution in [0.15, 0.2) is 18.5 Å². The molecular weight excluding hydrogens is 495 g/mol. The first-order chi connectivity index (χ1) is 18.2. The van der Waals surface area contributed by atoms with Crippen LogP contribution in [-0.4, -0.2) is 47.3 Å². The van der Waals surface area contributed by atoms with Crippen molar-refractivity contribution in [3.8, 4) is 11.1 Å². The third-order valence-corrected chi connectivity index (χ3v) is 7.00. The summed E-state index contributed by atoms with van der Waals surface area (Å²) in [5, 5.41) is 3.08. The standard InChI is InChI=1S/C31H47FN4O3/c1-10-11-14-33-28-24(32)17-22(18-35-28)23-19-34-21(4)25(26(23)36-15-12-31(8,9)13-16-36)27(39-30(5,6)7)29(37)38-20(2)3/h17-20,27H,10-16H2,1-9H3,(H,33,35). The van der Waals surface area contributed by atoms with Crippen molar-refractivity contribution < 1.29 is 18.7 Å². The monoisotopic (exact) mass is 542 g/mol. The predicted octanol–water partition coefficient (Wildman–Crippen LogP) is 7.24. The molecule has 1 fully saturated rings. The van der Waals surface area contributed by atoms with Gasteiger partial charge in [0.2, 0.25) is 0 Å². The molecule has 0 amide bonds. The Morgan fingerprint density at radius 2 is 1.85 bits per heavy atom. The van der Waals surface area contributed by atoms with E-state index in [0.717, 1.165) is 50.0 Å². The van der Waals surface area contributed by atoms with Crippen LogP contribution < -0.4 is 10.2 Å². The van der Waals surface area contributed by atoms with Crippen molar-refractivity contribution in [2.45, 2.75) is 106 Å². The lowest BCUT2D eigenvalue weighted by atomic mass is 9.82. The first-order valence-electron chi connectivity index (χ1n) is 14.2. The van der Waals surface area contributed by atoms with E-state index in [2.05, 4.69) is 41.0 Å². The Labute approximate surface area is 233 Å². The molecule has 0 bridgehead atoms. The number of rotatable bonds is 10. The SMILES string of the molecule is CCCCNc1ncc(-c2cnc(C)c(C(OC(C)(C)C)C(=O)OC(C)C)c2N2CCC(C)(C)CC2)cc1F. The third kappa shape index (κ3) is 8.13. The number of halogens is 1. The Kier molecular flexibility index (Phi) is 9.97. The van der Waals surface area contributed by atoms with Crippen LogP contribution >= 0.6 is 0 Å². The summed E-state index contributed by atoms with van der Waals surface area (Å²) in [6, 6.07) is 1.50. The number of aromatic nitrogens is 2. The van der Waals surface area contributed by atoms with Gasteiger partial charge in [0.05, 0.1) is 17.4 Å². The minimum Gasteiger partial charge on any atom is -0.461 e. The molecule has 2 aromatic heterocycles. The van der Waals surface area contributed by atoms with E-state index in [1.54, 1.807) is 12.4 Å². The zero-order chi connectivity index (χ0) is 29.0. The van der Waals surface area contributed by atoms with E-state index in [1.165, 1.54) is 6.07 Å². The Hall–Kier alpha value is -2.74. The number of esters is 1. The molecule has 1 atom stereocenters. The first kappa shape index (κ1) is 30.8. The van der Waals surface area contributed by atoms with Gasteiger partial charge in [0.1, 0.15) is 0 Å². The largest absolute Gasteiger partial charge is 0.461 e. The maximum absolute atomic E-state index is 15.2. The van der Waals surface area contributed by atoms with Crippen molar-refractivity contribution in [3.63, 3.8) is 0 Å². The minimum atomic E-state index is -0.988. The van der Waals surface area contributed by atoms with Gasteiger partial charge in [-0.15, -0.1) is 0 Å². The molecule has 1 aliphatic rings. The molecule has 0 spiro atoms. The fourth-order valence-electron chi connectivity index (χ4n) is 4.78. The number of hydrogen-bond donors (Lipinski definition) is 1. The maximum Gasteiger partial charge on any atom is 0.340 e. The lowest BCUT2D eigenvalue weighted by Crippen LogP contribution is -2.39. The molecule has 3 heterocycles. The van der Waals surface area contributed by atoms with E-state index >= 15 is 4.39 Å². The van der Waals surface area contributed by atoms with Crippen LogP contribution in [0.2, 0.25) is 0 Å². The normalized spacial score (nSPS) is 16.3. The number of aryl methyl sites for hydroxylation is 1. The molecule has 1 aliphatic heterocycles. The number of pyridine rings is 2. The van der Waals surface area contributed by atoms with E-state index in [1.807, 2.05) is 41.5 Å². The topological polar surface area (TPSA) is 76.6 Å². The number of nitrogens with zero attached hydrogens (tertiary/aromatic N) is 3. The van der Waals surface area contributed by atoms with Crippen LogP contribution in [0.4, 0.5) is 15.9 Å². The van der Waals surface area contributed by atoms with E-state index in [9.17, 15) is 4.79 Å². The zero-order valence-electron chi connectivity index (χ0n) is 25.3. The first-order valence-corrected chi connectivity index (χ1v) is 14.2. The molecule has 0 saturated carbocycles. The Morgan fingerprint density at radius 1 is 1.18 bits per heavy atom. The van der Waals surface area contributed by atoms with E-state index < -0.39 is 23.5 Å². The number of piperidine rings is 1. The number of unbranched alkanes of at least 4 members (excludes halogenated alkanes) is 1. The van der Waals surface area contributed by atoms with Gasteiger partial charge in [-0.2, -0.15) is 0 Å². The molecule has 1 N–H and O–H groups in total. The molecule has 1 unspecified atom stereocenters. The van der Waals surface area contributed by atoms with Crippen LogP contribution in [0.3, 0.4) is 0 Å². The molecule has 2 aromatic rings. The van der Waals surface area contributed by atoms with Gasteiger partial charge in [-0.05, 0) is 72.3 Å². The van der Waals surface area contributed by atoms with Gasteiger partial charge >= 0.3 is 5.97 Å². The molecule has 0 aliphatic carbocycles. The average molecular weight is 543 g/mol. The summed E-state index contributed by atoms with van der Waals surface area (Å²) in [4.78, 5) is 24.9. The smallest absolute Gasteiger partial charge is 0.340 e. The number of ether oxygens (including phenoxy) is 2. The summed E-state index contributed by atoms with van der Waals surface area (Å²) in [6.45, 7) is 20.2. The quantitative estimate of drug-likeness (QED) is 0.250. The highest BCUT2D eigenvalue weighted by Gasteiger charge is 2.37. The van der Waals surface area contributed by atoms with Crippen LogP contribution in [-0.2, 0) is 14.3 Å². The van der Waals surface area contributed by atoms with E-state index in [-0.39, 0.29) is 17.3 Å². The van der Waals surface area contributed by atoms with Gasteiger partial charge in [0.25, 0.3) is 0 Å². The summed E-state index contributed by atoms with van der Waals surface area (Å²) in [5.74, 6) is -0.637. The highest BCUT2D eigenvalue weighted by Crippen LogP contribution is 2.44. The Bertz CT molecular complexity index is 1130. The molecule has 216 valence electrons. The van der Waals surface area contributed by atoms with Gasteiger partial charge < -0.3 is 19.7 Å². The fourth-order valence-corrected chi connectivity index (χ4v) is 4.78. The third-order valence-electron chi connectivity index (χ3n) is 7.00.